The van der Waals surface area contributed by atoms with Crippen LogP contribution in [0.1, 0.15) is 12.8 Å². The van der Waals surface area contributed by atoms with Crippen LogP contribution in [0.2, 0.25) is 0 Å². The van der Waals surface area contributed by atoms with Gasteiger partial charge in [0.1, 0.15) is 0 Å². The van der Waals surface area contributed by atoms with Crippen LogP contribution in [0, 0.1) is 23.7 Å². The predicted molar refractivity (Wildman–Crippen MR) is 101 cm³/mol. The van der Waals surface area contributed by atoms with E-state index in [0.717, 1.165) is 24.0 Å². The Morgan fingerprint density at radius 2 is 1.13 bits per heavy atom. The molecule has 1 aliphatic heterocycles. The summed E-state index contributed by atoms with van der Waals surface area (Å²) in [6, 6.07) is 0. The van der Waals surface area contributed by atoms with Crippen molar-refractivity contribution < 1.29 is 0 Å². The fraction of sp³-hybridized carbons (Fsp3) is 0.0909. The van der Waals surface area contributed by atoms with Gasteiger partial charge >= 0.3 is 0 Å². The molecule has 0 fully saturated rings. The number of rotatable bonds is 0. The zero-order valence-corrected chi connectivity index (χ0v) is 13.6. The molecule has 0 nitrogen and oxygen atoms in total. The van der Waals surface area contributed by atoms with Crippen molar-refractivity contribution >= 4 is 11.8 Å². The molecule has 23 heavy (non-hydrogen) atoms. The first kappa shape index (κ1) is 15.3. The normalized spacial score (nSPS) is 21.9. The summed E-state index contributed by atoms with van der Waals surface area (Å²) in [7, 11) is 0. The Morgan fingerprint density at radius 3 is 1.65 bits per heavy atom. The highest BCUT2D eigenvalue weighted by atomic mass is 32.2. The fourth-order valence-corrected chi connectivity index (χ4v) is 2.90. The summed E-state index contributed by atoms with van der Waals surface area (Å²) in [5.41, 5.74) is 4.69. The zero-order chi connectivity index (χ0) is 15.7. The lowest BCUT2D eigenvalue weighted by Crippen LogP contribution is -1.82. The van der Waals surface area contributed by atoms with Crippen molar-refractivity contribution in [2.24, 2.45) is 0 Å². The average molecular weight is 312 g/mol. The summed E-state index contributed by atoms with van der Waals surface area (Å²) < 4.78 is 0. The minimum Gasteiger partial charge on any atom is -0.106 e. The molecule has 0 atom stereocenters. The van der Waals surface area contributed by atoms with Gasteiger partial charge in [-0.1, -0.05) is 72.6 Å². The molecular weight excluding hydrogens is 296 g/mol. The molecule has 0 amide bonds. The van der Waals surface area contributed by atoms with E-state index >= 15 is 0 Å². The average Bonchev–Trinajstić information content (AvgIpc) is 2.91. The van der Waals surface area contributed by atoms with Gasteiger partial charge in [0.05, 0.1) is 0 Å². The van der Waals surface area contributed by atoms with Gasteiger partial charge in [-0.2, -0.15) is 0 Å². The van der Waals surface area contributed by atoms with E-state index in [4.69, 9.17) is 0 Å². The van der Waals surface area contributed by atoms with Crippen LogP contribution in [0.3, 0.4) is 0 Å². The van der Waals surface area contributed by atoms with Crippen molar-refractivity contribution in [3.05, 3.63) is 93.9 Å². The summed E-state index contributed by atoms with van der Waals surface area (Å²) >= 11 is 1.69. The molecule has 0 radical (unpaired) electrons. The standard InChI is InChI=1S/C22H16S/c1-2-8-20-10-4-6-12-22(18-20)14-16-23-15-13-21-11-5-3-9-19(7-1)17-21/h3-6,9-16H,17-18H2/b15-13-,16-14-. The molecule has 3 aliphatic rings. The first-order valence-electron chi connectivity index (χ1n) is 7.53. The molecule has 0 spiro atoms. The summed E-state index contributed by atoms with van der Waals surface area (Å²) in [4.78, 5) is 0. The van der Waals surface area contributed by atoms with Crippen molar-refractivity contribution in [2.45, 2.75) is 12.8 Å². The van der Waals surface area contributed by atoms with E-state index < -0.39 is 0 Å². The van der Waals surface area contributed by atoms with Gasteiger partial charge in [-0.25, -0.2) is 0 Å². The van der Waals surface area contributed by atoms with Crippen LogP contribution in [0.4, 0.5) is 0 Å². The Hall–Kier alpha value is -2.61. The second-order valence-corrected chi connectivity index (χ2v) is 6.05. The first-order valence-corrected chi connectivity index (χ1v) is 8.48. The third kappa shape index (κ3) is 4.96. The Morgan fingerprint density at radius 1 is 0.652 bits per heavy atom. The van der Waals surface area contributed by atoms with Gasteiger partial charge in [0.25, 0.3) is 0 Å². The van der Waals surface area contributed by atoms with Gasteiger partial charge in [-0.3, -0.25) is 0 Å². The molecule has 0 aromatic heterocycles. The van der Waals surface area contributed by atoms with Crippen LogP contribution < -0.4 is 0 Å². The van der Waals surface area contributed by atoms with Gasteiger partial charge in [-0.15, -0.1) is 11.8 Å². The Bertz CT molecular complexity index is 769. The zero-order valence-electron chi connectivity index (χ0n) is 12.8. The number of hydrogen-bond donors (Lipinski definition) is 0. The lowest BCUT2D eigenvalue weighted by Gasteiger charge is -1.99. The van der Waals surface area contributed by atoms with E-state index in [9.17, 15) is 0 Å². The molecule has 0 saturated carbocycles. The topological polar surface area (TPSA) is 0 Å². The molecule has 0 N–H and O–H groups in total. The smallest absolute Gasteiger partial charge is 0.00744 e. The first-order chi connectivity index (χ1) is 11.4. The predicted octanol–water partition coefficient (Wildman–Crippen LogP) is 5.39. The maximum atomic E-state index is 3.18. The van der Waals surface area contributed by atoms with Crippen molar-refractivity contribution in [1.29, 1.82) is 0 Å². The molecule has 110 valence electrons. The van der Waals surface area contributed by atoms with Crippen LogP contribution in [-0.4, -0.2) is 0 Å². The lowest BCUT2D eigenvalue weighted by molar-refractivity contribution is 1.23. The third-order valence-electron chi connectivity index (χ3n) is 3.46. The quantitative estimate of drug-likeness (QED) is 0.540. The maximum absolute atomic E-state index is 3.18. The van der Waals surface area contributed by atoms with Crippen LogP contribution in [0.5, 0.6) is 0 Å². The van der Waals surface area contributed by atoms with Crippen LogP contribution in [-0.2, 0) is 0 Å². The molecule has 1 heteroatoms. The van der Waals surface area contributed by atoms with Gasteiger partial charge in [0.2, 0.25) is 0 Å². The van der Waals surface area contributed by atoms with E-state index in [0.29, 0.717) is 0 Å². The van der Waals surface area contributed by atoms with E-state index in [-0.39, 0.29) is 0 Å². The Labute approximate surface area is 142 Å². The minimum atomic E-state index is 0.846. The van der Waals surface area contributed by atoms with E-state index in [1.54, 1.807) is 11.8 Å². The second-order valence-electron chi connectivity index (χ2n) is 5.23. The molecule has 2 aliphatic carbocycles. The van der Waals surface area contributed by atoms with E-state index in [1.807, 2.05) is 12.2 Å². The third-order valence-corrected chi connectivity index (χ3v) is 4.04. The van der Waals surface area contributed by atoms with Gasteiger partial charge in [-0.05, 0) is 33.8 Å². The van der Waals surface area contributed by atoms with Gasteiger partial charge < -0.3 is 0 Å². The largest absolute Gasteiger partial charge is 0.106 e. The highest BCUT2D eigenvalue weighted by Gasteiger charge is 2.00. The van der Waals surface area contributed by atoms with Crippen molar-refractivity contribution in [2.75, 3.05) is 0 Å². The van der Waals surface area contributed by atoms with Crippen LogP contribution >= 0.6 is 11.8 Å². The van der Waals surface area contributed by atoms with E-state index in [1.165, 1.54) is 11.1 Å². The summed E-state index contributed by atoms with van der Waals surface area (Å²) in [5.74, 6) is 12.3. The maximum Gasteiger partial charge on any atom is 0.00744 e. The van der Waals surface area contributed by atoms with Crippen LogP contribution in [0.25, 0.3) is 0 Å². The highest BCUT2D eigenvalue weighted by molar-refractivity contribution is 8.04. The molecule has 0 saturated heterocycles. The lowest BCUT2D eigenvalue weighted by atomic mass is 10.1. The molecular formula is C22H16S. The summed E-state index contributed by atoms with van der Waals surface area (Å²) in [6.07, 6.45) is 22.6. The summed E-state index contributed by atoms with van der Waals surface area (Å²) in [6.45, 7) is 0. The van der Waals surface area contributed by atoms with E-state index in [2.05, 4.69) is 83.1 Å². The number of fused-ring (bicyclic) bond motifs is 4. The molecule has 4 bridgehead atoms. The molecule has 3 rings (SSSR count). The SMILES string of the molecule is C1#CC2=CC=CC=C(/C=C\S/C=C\C3=CC=CC=C(C#C1)C3)C2. The molecule has 0 unspecified atom stereocenters. The molecule has 1 heterocycles. The number of thioether (sulfide) groups is 1. The number of hydrogen-bond acceptors (Lipinski definition) is 1. The fourth-order valence-electron chi connectivity index (χ4n) is 2.30. The second kappa shape index (κ2) is 8.14. The van der Waals surface area contributed by atoms with Gasteiger partial charge in [0, 0.05) is 24.0 Å². The van der Waals surface area contributed by atoms with Crippen molar-refractivity contribution in [1.82, 2.24) is 0 Å². The minimum absolute atomic E-state index is 0.846. The Kier molecular flexibility index (Phi) is 5.41. The van der Waals surface area contributed by atoms with Crippen molar-refractivity contribution in [3.63, 3.8) is 0 Å². The number of allylic oxidation sites excluding steroid dienone is 14. The molecule has 0 aromatic rings. The highest BCUT2D eigenvalue weighted by Crippen LogP contribution is 2.20. The van der Waals surface area contributed by atoms with Crippen molar-refractivity contribution in [3.8, 4) is 23.7 Å². The van der Waals surface area contributed by atoms with Gasteiger partial charge in [0.15, 0.2) is 0 Å². The Balaban J connectivity index is 1.94. The summed E-state index contributed by atoms with van der Waals surface area (Å²) in [5, 5.41) is 4.24. The molecule has 0 aromatic carbocycles. The monoisotopic (exact) mass is 312 g/mol. The van der Waals surface area contributed by atoms with Crippen LogP contribution in [0.15, 0.2) is 93.9 Å².